The average Bonchev–Trinajstić information content (AvgIpc) is 3.35. The van der Waals surface area contributed by atoms with Crippen molar-refractivity contribution in [3.05, 3.63) is 94.2 Å². The maximum absolute atomic E-state index is 12.4. The molecule has 0 atom stereocenters. The Morgan fingerprint density at radius 1 is 0.885 bits per heavy atom. The van der Waals surface area contributed by atoms with Gasteiger partial charge in [0.1, 0.15) is 0 Å². The number of benzene rings is 2. The largest absolute Gasteiger partial charge is 0.298 e. The molecule has 3 nitrogen and oxygen atoms in total. The van der Waals surface area contributed by atoms with Crippen LogP contribution in [0.25, 0.3) is 10.6 Å². The van der Waals surface area contributed by atoms with Crippen LogP contribution in [0.4, 0.5) is 5.13 Å². The number of amides is 1. The van der Waals surface area contributed by atoms with E-state index in [1.54, 1.807) is 11.3 Å². The highest BCUT2D eigenvalue weighted by atomic mass is 32.1. The number of thiazole rings is 1. The van der Waals surface area contributed by atoms with Gasteiger partial charge in [-0.25, -0.2) is 4.98 Å². The van der Waals surface area contributed by atoms with Crippen LogP contribution < -0.4 is 5.32 Å². The Morgan fingerprint density at radius 3 is 2.38 bits per heavy atom. The predicted octanol–water partition coefficient (Wildman–Crippen LogP) is 5.71. The molecule has 2 heterocycles. The Balaban J connectivity index is 1.42. The van der Waals surface area contributed by atoms with Gasteiger partial charge in [0.25, 0.3) is 5.91 Å². The number of anilines is 1. The standard InChI is InChI=1S/C21H16N2OS2/c24-20(23-21-22-18(14-26-21)19-7-4-12-25-19)17-10-8-16(9-11-17)13-15-5-2-1-3-6-15/h1-12,14H,13H2,(H,22,23,24). The maximum atomic E-state index is 12.4. The molecule has 2 aromatic heterocycles. The highest BCUT2D eigenvalue weighted by molar-refractivity contribution is 7.16. The maximum Gasteiger partial charge on any atom is 0.257 e. The molecule has 0 radical (unpaired) electrons. The van der Waals surface area contributed by atoms with E-state index in [2.05, 4.69) is 22.4 Å². The smallest absolute Gasteiger partial charge is 0.257 e. The molecule has 0 fully saturated rings. The van der Waals surface area contributed by atoms with Gasteiger partial charge in [0, 0.05) is 10.9 Å². The first-order chi connectivity index (χ1) is 12.8. The number of aromatic nitrogens is 1. The van der Waals surface area contributed by atoms with Gasteiger partial charge in [-0.15, -0.1) is 22.7 Å². The van der Waals surface area contributed by atoms with Gasteiger partial charge in [0.2, 0.25) is 0 Å². The van der Waals surface area contributed by atoms with Gasteiger partial charge in [0.05, 0.1) is 10.6 Å². The number of carbonyl (C=O) groups excluding carboxylic acids is 1. The van der Waals surface area contributed by atoms with Crippen LogP contribution in [0.5, 0.6) is 0 Å². The lowest BCUT2D eigenvalue weighted by Crippen LogP contribution is -2.11. The number of carbonyl (C=O) groups is 1. The fourth-order valence-electron chi connectivity index (χ4n) is 2.64. The molecule has 0 spiro atoms. The molecular formula is C21H16N2OS2. The summed E-state index contributed by atoms with van der Waals surface area (Å²) in [5.41, 5.74) is 3.98. The van der Waals surface area contributed by atoms with Gasteiger partial charge in [-0.05, 0) is 41.1 Å². The first kappa shape index (κ1) is 16.7. The number of hydrogen-bond acceptors (Lipinski definition) is 4. The normalized spacial score (nSPS) is 10.6. The van der Waals surface area contributed by atoms with Crippen molar-refractivity contribution >= 4 is 33.7 Å². The van der Waals surface area contributed by atoms with E-state index in [4.69, 9.17) is 0 Å². The van der Waals surface area contributed by atoms with Crippen LogP contribution in [0, 0.1) is 0 Å². The second-order valence-corrected chi connectivity index (χ2v) is 7.63. The van der Waals surface area contributed by atoms with Crippen LogP contribution in [-0.4, -0.2) is 10.9 Å². The number of hydrogen-bond donors (Lipinski definition) is 1. The lowest BCUT2D eigenvalue weighted by molar-refractivity contribution is 0.102. The van der Waals surface area contributed by atoms with E-state index in [9.17, 15) is 4.79 Å². The summed E-state index contributed by atoms with van der Waals surface area (Å²) in [5, 5.41) is 7.48. The SMILES string of the molecule is O=C(Nc1nc(-c2cccs2)cs1)c1ccc(Cc2ccccc2)cc1. The fourth-order valence-corrected chi connectivity index (χ4v) is 4.11. The molecule has 0 aliphatic carbocycles. The molecule has 26 heavy (non-hydrogen) atoms. The highest BCUT2D eigenvalue weighted by Gasteiger charge is 2.10. The Kier molecular flexibility index (Phi) is 4.91. The summed E-state index contributed by atoms with van der Waals surface area (Å²) in [7, 11) is 0. The van der Waals surface area contributed by atoms with Gasteiger partial charge >= 0.3 is 0 Å². The molecule has 128 valence electrons. The third kappa shape index (κ3) is 3.90. The van der Waals surface area contributed by atoms with Crippen molar-refractivity contribution in [3.8, 4) is 10.6 Å². The molecule has 0 aliphatic heterocycles. The second-order valence-electron chi connectivity index (χ2n) is 5.83. The predicted molar refractivity (Wildman–Crippen MR) is 109 cm³/mol. The van der Waals surface area contributed by atoms with E-state index in [-0.39, 0.29) is 5.91 Å². The van der Waals surface area contributed by atoms with Crippen molar-refractivity contribution in [2.24, 2.45) is 0 Å². The Bertz CT molecular complexity index is 990. The summed E-state index contributed by atoms with van der Waals surface area (Å²) in [6, 6.07) is 22.0. The molecule has 2 aromatic carbocycles. The number of thiophene rings is 1. The summed E-state index contributed by atoms with van der Waals surface area (Å²) in [6.45, 7) is 0. The molecule has 5 heteroatoms. The monoisotopic (exact) mass is 376 g/mol. The molecule has 0 unspecified atom stereocenters. The molecule has 0 saturated heterocycles. The zero-order valence-electron chi connectivity index (χ0n) is 13.9. The van der Waals surface area contributed by atoms with Crippen molar-refractivity contribution < 1.29 is 4.79 Å². The molecule has 0 bridgehead atoms. The number of nitrogens with zero attached hydrogens (tertiary/aromatic N) is 1. The van der Waals surface area contributed by atoms with E-state index >= 15 is 0 Å². The van der Waals surface area contributed by atoms with Gasteiger partial charge in [0.15, 0.2) is 5.13 Å². The fraction of sp³-hybridized carbons (Fsp3) is 0.0476. The van der Waals surface area contributed by atoms with Crippen LogP contribution in [0.3, 0.4) is 0 Å². The number of nitrogens with one attached hydrogen (secondary N) is 1. The summed E-state index contributed by atoms with van der Waals surface area (Å²) in [6.07, 6.45) is 0.861. The topological polar surface area (TPSA) is 42.0 Å². The molecule has 4 rings (SSSR count). The molecular weight excluding hydrogens is 360 g/mol. The highest BCUT2D eigenvalue weighted by Crippen LogP contribution is 2.28. The molecule has 0 saturated carbocycles. The third-order valence-electron chi connectivity index (χ3n) is 3.97. The van der Waals surface area contributed by atoms with Crippen LogP contribution in [-0.2, 0) is 6.42 Å². The van der Waals surface area contributed by atoms with Gasteiger partial charge in [-0.3, -0.25) is 10.1 Å². The van der Waals surface area contributed by atoms with Crippen LogP contribution >= 0.6 is 22.7 Å². The van der Waals surface area contributed by atoms with Crippen LogP contribution in [0.2, 0.25) is 0 Å². The summed E-state index contributed by atoms with van der Waals surface area (Å²) < 4.78 is 0. The Hall–Kier alpha value is -2.76. The van der Waals surface area contributed by atoms with Crippen molar-refractivity contribution in [1.82, 2.24) is 4.98 Å². The molecule has 4 aromatic rings. The van der Waals surface area contributed by atoms with Crippen molar-refractivity contribution in [1.29, 1.82) is 0 Å². The average molecular weight is 377 g/mol. The number of rotatable bonds is 5. The van der Waals surface area contributed by atoms with E-state index in [0.29, 0.717) is 10.7 Å². The molecule has 1 N–H and O–H groups in total. The minimum Gasteiger partial charge on any atom is -0.298 e. The first-order valence-corrected chi connectivity index (χ1v) is 9.97. The summed E-state index contributed by atoms with van der Waals surface area (Å²) in [4.78, 5) is 18.0. The van der Waals surface area contributed by atoms with Gasteiger partial charge in [-0.2, -0.15) is 0 Å². The van der Waals surface area contributed by atoms with Gasteiger partial charge in [-0.1, -0.05) is 48.5 Å². The minimum absolute atomic E-state index is 0.136. The minimum atomic E-state index is -0.136. The van der Waals surface area contributed by atoms with E-state index in [0.717, 1.165) is 17.0 Å². The van der Waals surface area contributed by atoms with Crippen LogP contribution in [0.15, 0.2) is 77.5 Å². The van der Waals surface area contributed by atoms with E-state index < -0.39 is 0 Å². The van der Waals surface area contributed by atoms with Crippen LogP contribution in [0.1, 0.15) is 21.5 Å². The van der Waals surface area contributed by atoms with E-state index in [1.165, 1.54) is 22.5 Å². The van der Waals surface area contributed by atoms with Crippen molar-refractivity contribution in [2.75, 3.05) is 5.32 Å². The second kappa shape index (κ2) is 7.64. The van der Waals surface area contributed by atoms with Gasteiger partial charge < -0.3 is 0 Å². The first-order valence-electron chi connectivity index (χ1n) is 8.21. The molecule has 0 aliphatic rings. The lowest BCUT2D eigenvalue weighted by atomic mass is 10.0. The van der Waals surface area contributed by atoms with Crippen molar-refractivity contribution in [3.63, 3.8) is 0 Å². The Labute approximate surface area is 160 Å². The summed E-state index contributed by atoms with van der Waals surface area (Å²) in [5.74, 6) is -0.136. The zero-order chi connectivity index (χ0) is 17.8. The van der Waals surface area contributed by atoms with Crippen molar-refractivity contribution in [2.45, 2.75) is 6.42 Å². The Morgan fingerprint density at radius 2 is 1.65 bits per heavy atom. The summed E-state index contributed by atoms with van der Waals surface area (Å²) >= 11 is 3.08. The lowest BCUT2D eigenvalue weighted by Gasteiger charge is -2.05. The third-order valence-corrected chi connectivity index (χ3v) is 5.62. The quantitative estimate of drug-likeness (QED) is 0.484. The molecule has 1 amide bonds. The zero-order valence-corrected chi connectivity index (χ0v) is 15.5. The van der Waals surface area contributed by atoms with E-state index in [1.807, 2.05) is 65.4 Å².